The summed E-state index contributed by atoms with van der Waals surface area (Å²) in [6.45, 7) is 10.1. The third-order valence-corrected chi connectivity index (χ3v) is 3.79. The molecule has 0 bridgehead atoms. The zero-order valence-electron chi connectivity index (χ0n) is 12.2. The van der Waals surface area contributed by atoms with Crippen molar-refractivity contribution >= 4 is 5.91 Å². The van der Waals surface area contributed by atoms with Gasteiger partial charge in [0.15, 0.2) is 0 Å². The molecule has 1 rings (SSSR count). The number of nitrogens with one attached hydrogen (secondary N) is 1. The minimum Gasteiger partial charge on any atom is -0.350 e. The van der Waals surface area contributed by atoms with Gasteiger partial charge in [0.25, 0.3) is 0 Å². The van der Waals surface area contributed by atoms with Gasteiger partial charge in [0.05, 0.1) is 6.54 Å². The zero-order chi connectivity index (χ0) is 13.8. The summed E-state index contributed by atoms with van der Waals surface area (Å²) in [7, 11) is 2.10. The molecule has 3 N–H and O–H groups in total. The van der Waals surface area contributed by atoms with E-state index < -0.39 is 0 Å². The number of likely N-dealkylation sites (N-methyl/N-ethyl adjacent to an activating group) is 1. The molecular weight excluding hydrogens is 228 g/mol. The molecule has 5 nitrogen and oxygen atoms in total. The van der Waals surface area contributed by atoms with Crippen molar-refractivity contribution in [1.82, 2.24) is 15.1 Å². The van der Waals surface area contributed by atoms with Crippen molar-refractivity contribution in [2.24, 2.45) is 5.73 Å². The minimum atomic E-state index is -0.123. The van der Waals surface area contributed by atoms with Crippen LogP contribution in [-0.4, -0.2) is 67.1 Å². The van der Waals surface area contributed by atoms with E-state index in [1.165, 1.54) is 0 Å². The summed E-state index contributed by atoms with van der Waals surface area (Å²) in [4.78, 5) is 16.5. The van der Waals surface area contributed by atoms with Crippen LogP contribution in [0.4, 0.5) is 0 Å². The van der Waals surface area contributed by atoms with Crippen LogP contribution in [-0.2, 0) is 4.79 Å². The maximum absolute atomic E-state index is 12.0. The zero-order valence-corrected chi connectivity index (χ0v) is 12.2. The van der Waals surface area contributed by atoms with Crippen molar-refractivity contribution in [2.75, 3.05) is 39.8 Å². The number of piperazine rings is 1. The van der Waals surface area contributed by atoms with Crippen LogP contribution < -0.4 is 11.1 Å². The molecule has 0 aromatic heterocycles. The molecular formula is C13H28N4O. The van der Waals surface area contributed by atoms with Crippen LogP contribution in [0.1, 0.15) is 27.2 Å². The Bertz CT molecular complexity index is 280. The largest absolute Gasteiger partial charge is 0.350 e. The van der Waals surface area contributed by atoms with Gasteiger partial charge in [0.1, 0.15) is 0 Å². The Balaban J connectivity index is 2.48. The number of carbonyl (C=O) groups excluding carboxylic acids is 1. The highest BCUT2D eigenvalue weighted by molar-refractivity contribution is 5.78. The van der Waals surface area contributed by atoms with Crippen LogP contribution in [0.2, 0.25) is 0 Å². The summed E-state index contributed by atoms with van der Waals surface area (Å²) in [6, 6.07) is 0.291. The fourth-order valence-corrected chi connectivity index (χ4v) is 2.17. The first-order chi connectivity index (χ1) is 8.38. The lowest BCUT2D eigenvalue weighted by Gasteiger charge is -2.39. The van der Waals surface area contributed by atoms with Crippen molar-refractivity contribution in [2.45, 2.75) is 38.8 Å². The molecule has 18 heavy (non-hydrogen) atoms. The summed E-state index contributed by atoms with van der Waals surface area (Å²) in [6.07, 6.45) is 0.932. The van der Waals surface area contributed by atoms with E-state index in [0.29, 0.717) is 19.1 Å². The smallest absolute Gasteiger partial charge is 0.234 e. The molecule has 0 aromatic carbocycles. The summed E-state index contributed by atoms with van der Waals surface area (Å²) in [5, 5.41) is 3.07. The van der Waals surface area contributed by atoms with E-state index in [9.17, 15) is 4.79 Å². The molecule has 1 saturated heterocycles. The summed E-state index contributed by atoms with van der Waals surface area (Å²) < 4.78 is 0. The molecule has 1 aliphatic heterocycles. The number of amides is 1. The monoisotopic (exact) mass is 256 g/mol. The van der Waals surface area contributed by atoms with Gasteiger partial charge in [-0.15, -0.1) is 0 Å². The lowest BCUT2D eigenvalue weighted by molar-refractivity contribution is -0.125. The Hall–Kier alpha value is -0.650. The summed E-state index contributed by atoms with van der Waals surface area (Å²) in [5.41, 5.74) is 5.66. The van der Waals surface area contributed by atoms with Gasteiger partial charge in [0, 0.05) is 37.8 Å². The molecule has 5 heteroatoms. The van der Waals surface area contributed by atoms with E-state index in [1.54, 1.807) is 0 Å². The molecule has 1 heterocycles. The van der Waals surface area contributed by atoms with E-state index in [4.69, 9.17) is 5.73 Å². The lowest BCUT2D eigenvalue weighted by Crippen LogP contribution is -2.58. The number of nitrogens with zero attached hydrogens (tertiary/aromatic N) is 2. The SMILES string of the molecule is CCC(C)(C)NC(=O)CN1CCN(C)CC1CN. The first kappa shape index (κ1) is 15.4. The van der Waals surface area contributed by atoms with Gasteiger partial charge in [0.2, 0.25) is 5.91 Å². The third kappa shape index (κ3) is 4.55. The maximum Gasteiger partial charge on any atom is 0.234 e. The first-order valence-corrected chi connectivity index (χ1v) is 6.81. The Morgan fingerprint density at radius 1 is 1.44 bits per heavy atom. The number of hydrogen-bond donors (Lipinski definition) is 2. The van der Waals surface area contributed by atoms with Gasteiger partial charge in [-0.3, -0.25) is 9.69 Å². The van der Waals surface area contributed by atoms with E-state index in [-0.39, 0.29) is 11.4 Å². The predicted molar refractivity (Wildman–Crippen MR) is 74.4 cm³/mol. The van der Waals surface area contributed by atoms with Crippen LogP contribution in [0.25, 0.3) is 0 Å². The minimum absolute atomic E-state index is 0.102. The third-order valence-electron chi connectivity index (χ3n) is 3.79. The van der Waals surface area contributed by atoms with Gasteiger partial charge >= 0.3 is 0 Å². The van der Waals surface area contributed by atoms with Crippen molar-refractivity contribution in [3.8, 4) is 0 Å². The lowest BCUT2D eigenvalue weighted by atomic mass is 10.0. The molecule has 1 aliphatic rings. The average Bonchev–Trinajstić information content (AvgIpc) is 2.30. The number of hydrogen-bond acceptors (Lipinski definition) is 4. The number of nitrogens with two attached hydrogens (primary N) is 1. The molecule has 0 radical (unpaired) electrons. The second-order valence-corrected chi connectivity index (χ2v) is 5.91. The standard InChI is InChI=1S/C13H28N4O/c1-5-13(2,3)15-12(18)10-17-7-6-16(4)9-11(17)8-14/h11H,5-10,14H2,1-4H3,(H,15,18). The first-order valence-electron chi connectivity index (χ1n) is 6.81. The molecule has 106 valence electrons. The maximum atomic E-state index is 12.0. The molecule has 0 aromatic rings. The Morgan fingerprint density at radius 3 is 2.67 bits per heavy atom. The summed E-state index contributed by atoms with van der Waals surface area (Å²) in [5.74, 6) is 0.102. The van der Waals surface area contributed by atoms with Gasteiger partial charge in [-0.05, 0) is 27.3 Å². The van der Waals surface area contributed by atoms with Crippen LogP contribution in [0.5, 0.6) is 0 Å². The van der Waals surface area contributed by atoms with E-state index in [1.807, 2.05) is 0 Å². The molecule has 1 amide bonds. The molecule has 0 aliphatic carbocycles. The van der Waals surface area contributed by atoms with Crippen molar-refractivity contribution in [3.63, 3.8) is 0 Å². The van der Waals surface area contributed by atoms with E-state index in [2.05, 4.69) is 42.9 Å². The van der Waals surface area contributed by atoms with Gasteiger partial charge < -0.3 is 16.0 Å². The summed E-state index contributed by atoms with van der Waals surface area (Å²) >= 11 is 0. The van der Waals surface area contributed by atoms with Crippen LogP contribution in [0.15, 0.2) is 0 Å². The van der Waals surface area contributed by atoms with Crippen molar-refractivity contribution < 1.29 is 4.79 Å². The van der Waals surface area contributed by atoms with Gasteiger partial charge in [-0.25, -0.2) is 0 Å². The average molecular weight is 256 g/mol. The molecule has 1 fully saturated rings. The van der Waals surface area contributed by atoms with Gasteiger partial charge in [-0.2, -0.15) is 0 Å². The normalized spacial score (nSPS) is 23.1. The molecule has 0 saturated carbocycles. The van der Waals surface area contributed by atoms with Crippen LogP contribution in [0, 0.1) is 0 Å². The Morgan fingerprint density at radius 2 is 2.11 bits per heavy atom. The van der Waals surface area contributed by atoms with Crippen molar-refractivity contribution in [3.05, 3.63) is 0 Å². The van der Waals surface area contributed by atoms with Crippen LogP contribution >= 0.6 is 0 Å². The highest BCUT2D eigenvalue weighted by Crippen LogP contribution is 2.09. The van der Waals surface area contributed by atoms with Gasteiger partial charge in [-0.1, -0.05) is 6.92 Å². The second kappa shape index (κ2) is 6.50. The van der Waals surface area contributed by atoms with E-state index >= 15 is 0 Å². The highest BCUT2D eigenvalue weighted by atomic mass is 16.2. The number of rotatable bonds is 5. The van der Waals surface area contributed by atoms with Crippen molar-refractivity contribution in [1.29, 1.82) is 0 Å². The highest BCUT2D eigenvalue weighted by Gasteiger charge is 2.27. The second-order valence-electron chi connectivity index (χ2n) is 5.91. The molecule has 0 spiro atoms. The Labute approximate surface area is 111 Å². The molecule has 1 atom stereocenters. The topological polar surface area (TPSA) is 61.6 Å². The quantitative estimate of drug-likeness (QED) is 0.719. The van der Waals surface area contributed by atoms with E-state index in [0.717, 1.165) is 26.1 Å². The Kier molecular flexibility index (Phi) is 5.56. The van der Waals surface area contributed by atoms with Crippen LogP contribution in [0.3, 0.4) is 0 Å². The molecule has 1 unspecified atom stereocenters. The predicted octanol–water partition coefficient (Wildman–Crippen LogP) is -0.134. The number of carbonyl (C=O) groups is 1. The fourth-order valence-electron chi connectivity index (χ4n) is 2.17. The fraction of sp³-hybridized carbons (Fsp3) is 0.923.